The predicted molar refractivity (Wildman–Crippen MR) is 65.5 cm³/mol. The Morgan fingerprint density at radius 2 is 2.00 bits per heavy atom. The van der Waals surface area contributed by atoms with Crippen LogP contribution in [-0.2, 0) is 0 Å². The number of hydrogen-bond acceptors (Lipinski definition) is 1. The van der Waals surface area contributed by atoms with E-state index in [1.54, 1.807) is 0 Å². The molecule has 0 fully saturated rings. The van der Waals surface area contributed by atoms with Crippen LogP contribution in [0.15, 0.2) is 12.2 Å². The smallest absolute Gasteiger partial charge is 0.00416 e. The van der Waals surface area contributed by atoms with Crippen molar-refractivity contribution in [3.05, 3.63) is 12.2 Å². The van der Waals surface area contributed by atoms with Gasteiger partial charge >= 0.3 is 0 Å². The summed E-state index contributed by atoms with van der Waals surface area (Å²) in [6, 6.07) is 0. The summed E-state index contributed by atoms with van der Waals surface area (Å²) in [6.45, 7) is 4.39. The largest absolute Gasteiger partial charge is 0.162 e. The van der Waals surface area contributed by atoms with Gasteiger partial charge in [-0.25, -0.2) is 0 Å². The summed E-state index contributed by atoms with van der Waals surface area (Å²) in [5.74, 6) is 0. The lowest BCUT2D eigenvalue weighted by molar-refractivity contribution is 0.621. The van der Waals surface area contributed by atoms with Crippen LogP contribution >= 0.6 is 11.8 Å². The maximum absolute atomic E-state index is 2.29. The van der Waals surface area contributed by atoms with Crippen LogP contribution in [-0.4, -0.2) is 11.5 Å². The summed E-state index contributed by atoms with van der Waals surface area (Å²) >= 11 is 2.02. The summed E-state index contributed by atoms with van der Waals surface area (Å²) in [5.41, 5.74) is 0. The molecule has 1 heteroatoms. The van der Waals surface area contributed by atoms with Gasteiger partial charge in [0.05, 0.1) is 0 Å². The Morgan fingerprint density at radius 3 is 2.54 bits per heavy atom. The minimum Gasteiger partial charge on any atom is -0.162 e. The van der Waals surface area contributed by atoms with Crippen molar-refractivity contribution in [1.29, 1.82) is 0 Å². The van der Waals surface area contributed by atoms with Crippen molar-refractivity contribution in [2.75, 3.05) is 6.26 Å². The summed E-state index contributed by atoms with van der Waals surface area (Å²) in [4.78, 5) is 0. The molecule has 78 valence electrons. The van der Waals surface area contributed by atoms with E-state index in [4.69, 9.17) is 0 Å². The summed E-state index contributed by atoms with van der Waals surface area (Å²) in [7, 11) is 0. The second kappa shape index (κ2) is 10.2. The van der Waals surface area contributed by atoms with Gasteiger partial charge < -0.3 is 0 Å². The Morgan fingerprint density at radius 1 is 1.23 bits per heavy atom. The van der Waals surface area contributed by atoms with E-state index in [0.717, 1.165) is 5.25 Å². The van der Waals surface area contributed by atoms with E-state index in [0.29, 0.717) is 0 Å². The molecular formula is C12H24S. The molecular weight excluding hydrogens is 176 g/mol. The third-order valence-corrected chi connectivity index (χ3v) is 3.66. The molecule has 0 spiro atoms. The highest BCUT2D eigenvalue weighted by Gasteiger charge is 2.02. The zero-order valence-electron chi connectivity index (χ0n) is 9.38. The average Bonchev–Trinajstić information content (AvgIpc) is 2.17. The minimum atomic E-state index is 0.904. The summed E-state index contributed by atoms with van der Waals surface area (Å²) in [6.07, 6.45) is 14.8. The lowest BCUT2D eigenvalue weighted by atomic mass is 10.1. The molecule has 0 amide bonds. The fourth-order valence-electron chi connectivity index (χ4n) is 1.47. The molecule has 13 heavy (non-hydrogen) atoms. The Bertz CT molecular complexity index is 114. The molecule has 0 heterocycles. The van der Waals surface area contributed by atoms with E-state index in [1.807, 2.05) is 11.8 Å². The number of rotatable bonds is 8. The Balaban J connectivity index is 3.14. The van der Waals surface area contributed by atoms with Gasteiger partial charge in [0.2, 0.25) is 0 Å². The normalized spacial score (nSPS) is 13.8. The van der Waals surface area contributed by atoms with Crippen molar-refractivity contribution in [2.45, 2.75) is 57.6 Å². The van der Waals surface area contributed by atoms with Gasteiger partial charge in [-0.1, -0.05) is 31.9 Å². The zero-order chi connectivity index (χ0) is 9.94. The Hall–Kier alpha value is 0.0900. The van der Waals surface area contributed by atoms with Crippen molar-refractivity contribution in [1.82, 2.24) is 0 Å². The van der Waals surface area contributed by atoms with Crippen molar-refractivity contribution >= 4 is 11.8 Å². The van der Waals surface area contributed by atoms with Gasteiger partial charge in [-0.3, -0.25) is 0 Å². The zero-order valence-corrected chi connectivity index (χ0v) is 10.2. The fraction of sp³-hybridized carbons (Fsp3) is 0.833. The van der Waals surface area contributed by atoms with Crippen molar-refractivity contribution in [2.24, 2.45) is 0 Å². The predicted octanol–water partition coefficient (Wildman–Crippen LogP) is 4.65. The molecule has 0 aromatic rings. The summed E-state index contributed by atoms with van der Waals surface area (Å²) < 4.78 is 0. The number of thioether (sulfide) groups is 1. The molecule has 0 nitrogen and oxygen atoms in total. The molecule has 1 unspecified atom stereocenters. The molecule has 0 aliphatic heterocycles. The SMILES string of the molecule is C/C=C/CCCCCC(CC)SC. The monoisotopic (exact) mass is 200 g/mol. The van der Waals surface area contributed by atoms with Crippen LogP contribution in [0.1, 0.15) is 52.4 Å². The quantitative estimate of drug-likeness (QED) is 0.406. The van der Waals surface area contributed by atoms with Crippen LogP contribution in [0, 0.1) is 0 Å². The van der Waals surface area contributed by atoms with Crippen LogP contribution in [0.3, 0.4) is 0 Å². The van der Waals surface area contributed by atoms with E-state index in [9.17, 15) is 0 Å². The van der Waals surface area contributed by atoms with Gasteiger partial charge in [-0.15, -0.1) is 0 Å². The van der Waals surface area contributed by atoms with E-state index in [1.165, 1.54) is 38.5 Å². The van der Waals surface area contributed by atoms with Gasteiger partial charge in [-0.05, 0) is 38.9 Å². The van der Waals surface area contributed by atoms with E-state index < -0.39 is 0 Å². The van der Waals surface area contributed by atoms with Crippen molar-refractivity contribution < 1.29 is 0 Å². The van der Waals surface area contributed by atoms with Gasteiger partial charge in [0, 0.05) is 5.25 Å². The average molecular weight is 200 g/mol. The molecule has 0 N–H and O–H groups in total. The molecule has 0 aromatic carbocycles. The highest BCUT2D eigenvalue weighted by Crippen LogP contribution is 2.18. The van der Waals surface area contributed by atoms with Crippen LogP contribution in [0.25, 0.3) is 0 Å². The van der Waals surface area contributed by atoms with Gasteiger partial charge in [-0.2, -0.15) is 11.8 Å². The van der Waals surface area contributed by atoms with Gasteiger partial charge in [0.15, 0.2) is 0 Å². The Kier molecular flexibility index (Phi) is 10.2. The molecule has 0 aromatic heterocycles. The van der Waals surface area contributed by atoms with Crippen molar-refractivity contribution in [3.63, 3.8) is 0 Å². The first-order valence-corrected chi connectivity index (χ1v) is 6.77. The minimum absolute atomic E-state index is 0.904. The topological polar surface area (TPSA) is 0 Å². The molecule has 0 rings (SSSR count). The van der Waals surface area contributed by atoms with Crippen LogP contribution in [0.5, 0.6) is 0 Å². The third-order valence-electron chi connectivity index (χ3n) is 2.42. The number of hydrogen-bond donors (Lipinski definition) is 0. The van der Waals surface area contributed by atoms with E-state index in [-0.39, 0.29) is 0 Å². The summed E-state index contributed by atoms with van der Waals surface area (Å²) in [5, 5.41) is 0.904. The lowest BCUT2D eigenvalue weighted by Gasteiger charge is -2.10. The first kappa shape index (κ1) is 13.1. The molecule has 1 atom stereocenters. The molecule has 0 saturated carbocycles. The fourth-order valence-corrected chi connectivity index (χ4v) is 2.20. The van der Waals surface area contributed by atoms with Crippen molar-refractivity contribution in [3.8, 4) is 0 Å². The number of allylic oxidation sites excluding steroid dienone is 2. The van der Waals surface area contributed by atoms with Crippen LogP contribution in [0.2, 0.25) is 0 Å². The van der Waals surface area contributed by atoms with Crippen LogP contribution in [0.4, 0.5) is 0 Å². The second-order valence-electron chi connectivity index (χ2n) is 3.47. The molecule has 0 saturated heterocycles. The number of unbranched alkanes of at least 4 members (excludes halogenated alkanes) is 3. The highest BCUT2D eigenvalue weighted by molar-refractivity contribution is 7.99. The van der Waals surface area contributed by atoms with Crippen LogP contribution < -0.4 is 0 Å². The molecule has 0 aliphatic rings. The van der Waals surface area contributed by atoms with E-state index >= 15 is 0 Å². The first-order valence-electron chi connectivity index (χ1n) is 5.49. The standard InChI is InChI=1S/C12H24S/c1-4-6-7-8-9-10-11-12(5-2)13-3/h4,6,12H,5,7-11H2,1-3H3/b6-4+. The van der Waals surface area contributed by atoms with E-state index in [2.05, 4.69) is 32.3 Å². The Labute approximate surface area is 88.2 Å². The van der Waals surface area contributed by atoms with Gasteiger partial charge in [0.1, 0.15) is 0 Å². The lowest BCUT2D eigenvalue weighted by Crippen LogP contribution is -1.98. The maximum atomic E-state index is 2.29. The third kappa shape index (κ3) is 8.42. The molecule has 0 bridgehead atoms. The first-order chi connectivity index (χ1) is 6.35. The van der Waals surface area contributed by atoms with Gasteiger partial charge in [0.25, 0.3) is 0 Å². The maximum Gasteiger partial charge on any atom is 0.00416 e. The molecule has 0 aliphatic carbocycles. The second-order valence-corrected chi connectivity index (χ2v) is 4.61. The molecule has 0 radical (unpaired) electrons. The highest BCUT2D eigenvalue weighted by atomic mass is 32.2.